The predicted molar refractivity (Wildman–Crippen MR) is 84.9 cm³/mol. The van der Waals surface area contributed by atoms with Gasteiger partial charge >= 0.3 is 17.8 Å². The van der Waals surface area contributed by atoms with Crippen molar-refractivity contribution < 1.29 is 14.5 Å². The van der Waals surface area contributed by atoms with E-state index in [1.807, 2.05) is 30.3 Å². The molecule has 0 saturated heterocycles. The number of benzene rings is 1. The summed E-state index contributed by atoms with van der Waals surface area (Å²) < 4.78 is 1.36. The van der Waals surface area contributed by atoms with Crippen LogP contribution in [-0.4, -0.2) is 32.8 Å². The molecule has 24 heavy (non-hydrogen) atoms. The lowest BCUT2D eigenvalue weighted by Crippen LogP contribution is -2.40. The van der Waals surface area contributed by atoms with Crippen molar-refractivity contribution in [2.75, 3.05) is 6.54 Å². The minimum atomic E-state index is -0.786. The number of hydrogen-bond acceptors (Lipinski definition) is 5. The molecule has 0 atom stereocenters. The highest BCUT2D eigenvalue weighted by Crippen LogP contribution is 2.11. The molecule has 2 amide bonds. The predicted octanol–water partition coefficient (Wildman–Crippen LogP) is 0.532. The number of carbonyl (C=O) groups is 2. The molecule has 9 heteroatoms. The monoisotopic (exact) mass is 331 g/mol. The first-order chi connectivity index (χ1) is 11.5. The standard InChI is InChI=1S/C15H17N5O4/c1-11-9-18-15(20(23)24)19(11)8-7-16-13(21)14(22)17-10-12-5-3-2-4-6-12/h2-6,9H,7-8,10H2,1H3,(H,16,21)(H,17,22). The maximum Gasteiger partial charge on any atom is 0.434 e. The minimum absolute atomic E-state index is 0.0790. The summed E-state index contributed by atoms with van der Waals surface area (Å²) in [4.78, 5) is 37.3. The van der Waals surface area contributed by atoms with Crippen molar-refractivity contribution in [2.45, 2.75) is 20.0 Å². The number of nitrogens with zero attached hydrogens (tertiary/aromatic N) is 3. The van der Waals surface area contributed by atoms with Crippen LogP contribution in [0.25, 0.3) is 0 Å². The molecule has 1 aromatic heterocycles. The molecule has 1 heterocycles. The molecule has 0 spiro atoms. The quantitative estimate of drug-likeness (QED) is 0.455. The summed E-state index contributed by atoms with van der Waals surface area (Å²) in [5, 5.41) is 15.8. The van der Waals surface area contributed by atoms with E-state index in [0.717, 1.165) is 5.56 Å². The van der Waals surface area contributed by atoms with Crippen molar-refractivity contribution in [3.8, 4) is 0 Å². The largest absolute Gasteiger partial charge is 0.434 e. The molecule has 0 radical (unpaired) electrons. The Morgan fingerprint density at radius 3 is 2.54 bits per heavy atom. The SMILES string of the molecule is Cc1cnc([N+](=O)[O-])n1CCNC(=O)C(=O)NCc1ccccc1. The summed E-state index contributed by atoms with van der Waals surface area (Å²) in [5.41, 5.74) is 1.48. The fourth-order valence-electron chi connectivity index (χ4n) is 2.09. The van der Waals surface area contributed by atoms with Gasteiger partial charge in [-0.15, -0.1) is 0 Å². The highest BCUT2D eigenvalue weighted by molar-refractivity contribution is 6.35. The molecule has 2 N–H and O–H groups in total. The minimum Gasteiger partial charge on any atom is -0.390 e. The van der Waals surface area contributed by atoms with E-state index >= 15 is 0 Å². The highest BCUT2D eigenvalue weighted by Gasteiger charge is 2.18. The van der Waals surface area contributed by atoms with Gasteiger partial charge in [-0.2, -0.15) is 0 Å². The maximum absolute atomic E-state index is 11.7. The Morgan fingerprint density at radius 1 is 1.21 bits per heavy atom. The zero-order valence-corrected chi connectivity index (χ0v) is 13.1. The van der Waals surface area contributed by atoms with Gasteiger partial charge in [0, 0.05) is 13.1 Å². The average Bonchev–Trinajstić information content (AvgIpc) is 2.94. The van der Waals surface area contributed by atoms with E-state index in [-0.39, 0.29) is 25.6 Å². The van der Waals surface area contributed by atoms with Gasteiger partial charge in [-0.25, -0.2) is 4.57 Å². The lowest BCUT2D eigenvalue weighted by atomic mass is 10.2. The van der Waals surface area contributed by atoms with Gasteiger partial charge in [-0.05, 0) is 17.4 Å². The highest BCUT2D eigenvalue weighted by atomic mass is 16.6. The first-order valence-corrected chi connectivity index (χ1v) is 7.25. The number of imidazole rings is 1. The first kappa shape index (κ1) is 17.1. The molecular formula is C15H17N5O4. The normalized spacial score (nSPS) is 10.2. The van der Waals surface area contributed by atoms with Crippen LogP contribution in [-0.2, 0) is 22.7 Å². The number of amides is 2. The summed E-state index contributed by atoms with van der Waals surface area (Å²) in [6, 6.07) is 9.19. The number of rotatable bonds is 6. The average molecular weight is 331 g/mol. The van der Waals surface area contributed by atoms with E-state index in [1.54, 1.807) is 6.92 Å². The maximum atomic E-state index is 11.7. The third-order valence-electron chi connectivity index (χ3n) is 3.32. The Balaban J connectivity index is 1.80. The van der Waals surface area contributed by atoms with Crippen molar-refractivity contribution in [3.63, 3.8) is 0 Å². The number of nitro groups is 1. The van der Waals surface area contributed by atoms with E-state index in [4.69, 9.17) is 0 Å². The number of aromatic nitrogens is 2. The summed E-state index contributed by atoms with van der Waals surface area (Å²) in [5.74, 6) is -1.84. The number of nitrogens with one attached hydrogen (secondary N) is 2. The first-order valence-electron chi connectivity index (χ1n) is 7.25. The van der Waals surface area contributed by atoms with Crippen LogP contribution in [0.5, 0.6) is 0 Å². The smallest absolute Gasteiger partial charge is 0.390 e. The second-order valence-electron chi connectivity index (χ2n) is 5.03. The van der Waals surface area contributed by atoms with E-state index < -0.39 is 16.7 Å². The fraction of sp³-hybridized carbons (Fsp3) is 0.267. The zero-order valence-electron chi connectivity index (χ0n) is 13.1. The molecular weight excluding hydrogens is 314 g/mol. The molecule has 0 saturated carbocycles. The molecule has 1 aromatic carbocycles. The summed E-state index contributed by atoms with van der Waals surface area (Å²) in [6.07, 6.45) is 1.38. The fourth-order valence-corrected chi connectivity index (χ4v) is 2.09. The van der Waals surface area contributed by atoms with E-state index in [2.05, 4.69) is 15.6 Å². The van der Waals surface area contributed by atoms with E-state index in [0.29, 0.717) is 5.69 Å². The lowest BCUT2D eigenvalue weighted by Gasteiger charge is -2.07. The van der Waals surface area contributed by atoms with E-state index in [1.165, 1.54) is 10.8 Å². The van der Waals surface area contributed by atoms with Gasteiger partial charge < -0.3 is 20.7 Å². The third kappa shape index (κ3) is 4.38. The molecule has 0 unspecified atom stereocenters. The molecule has 0 aliphatic rings. The van der Waals surface area contributed by atoms with Gasteiger partial charge in [0.15, 0.2) is 0 Å². The Labute approximate surface area is 137 Å². The molecule has 126 valence electrons. The summed E-state index contributed by atoms with van der Waals surface area (Å²) >= 11 is 0. The number of carbonyl (C=O) groups excluding carboxylic acids is 2. The van der Waals surface area contributed by atoms with Crippen LogP contribution in [0.4, 0.5) is 5.95 Å². The number of aryl methyl sites for hydroxylation is 1. The zero-order chi connectivity index (χ0) is 17.5. The Morgan fingerprint density at radius 2 is 1.88 bits per heavy atom. The Hall–Kier alpha value is -3.23. The van der Waals surface area contributed by atoms with Crippen molar-refractivity contribution in [1.82, 2.24) is 20.2 Å². The molecule has 0 aliphatic carbocycles. The van der Waals surface area contributed by atoms with Crippen molar-refractivity contribution in [1.29, 1.82) is 0 Å². The lowest BCUT2D eigenvalue weighted by molar-refractivity contribution is -0.396. The second-order valence-corrected chi connectivity index (χ2v) is 5.03. The van der Waals surface area contributed by atoms with Gasteiger partial charge in [-0.3, -0.25) is 9.59 Å². The third-order valence-corrected chi connectivity index (χ3v) is 3.32. The molecule has 9 nitrogen and oxygen atoms in total. The summed E-state index contributed by atoms with van der Waals surface area (Å²) in [7, 11) is 0. The van der Waals surface area contributed by atoms with Crippen molar-refractivity contribution in [2.24, 2.45) is 0 Å². The number of hydrogen-bond donors (Lipinski definition) is 2. The van der Waals surface area contributed by atoms with Crippen molar-refractivity contribution in [3.05, 3.63) is 57.9 Å². The van der Waals surface area contributed by atoms with Gasteiger partial charge in [0.05, 0.1) is 6.54 Å². The molecule has 2 aromatic rings. The molecule has 0 aliphatic heterocycles. The Bertz CT molecular complexity index is 742. The molecule has 0 bridgehead atoms. The van der Waals surface area contributed by atoms with Crippen LogP contribution >= 0.6 is 0 Å². The van der Waals surface area contributed by atoms with Crippen LogP contribution in [0, 0.1) is 17.0 Å². The second kappa shape index (κ2) is 7.86. The van der Waals surface area contributed by atoms with Crippen LogP contribution < -0.4 is 10.6 Å². The van der Waals surface area contributed by atoms with Gasteiger partial charge in [0.2, 0.25) is 0 Å². The van der Waals surface area contributed by atoms with Crippen LogP contribution in [0.2, 0.25) is 0 Å². The van der Waals surface area contributed by atoms with Crippen LogP contribution in [0.3, 0.4) is 0 Å². The van der Waals surface area contributed by atoms with E-state index in [9.17, 15) is 19.7 Å². The van der Waals surface area contributed by atoms with Crippen LogP contribution in [0.1, 0.15) is 11.3 Å². The Kier molecular flexibility index (Phi) is 5.61. The molecule has 0 fully saturated rings. The van der Waals surface area contributed by atoms with Gasteiger partial charge in [0.1, 0.15) is 11.9 Å². The van der Waals surface area contributed by atoms with Crippen molar-refractivity contribution >= 4 is 17.8 Å². The van der Waals surface area contributed by atoms with Gasteiger partial charge in [-0.1, -0.05) is 35.3 Å². The van der Waals surface area contributed by atoms with Crippen LogP contribution in [0.15, 0.2) is 36.5 Å². The summed E-state index contributed by atoms with van der Waals surface area (Å²) in [6.45, 7) is 2.16. The molecule has 2 rings (SSSR count). The topological polar surface area (TPSA) is 119 Å². The van der Waals surface area contributed by atoms with Gasteiger partial charge in [0.25, 0.3) is 0 Å².